The third-order valence-corrected chi connectivity index (χ3v) is 3.94. The molecule has 35 heavy (non-hydrogen) atoms. The van der Waals surface area contributed by atoms with Crippen LogP contribution >= 0.6 is 0 Å². The molecule has 0 saturated carbocycles. The van der Waals surface area contributed by atoms with Crippen molar-refractivity contribution in [3.8, 4) is 11.5 Å². The smallest absolute Gasteiger partial charge is 0.475 e. The minimum absolute atomic E-state index is 0.0910. The maximum atomic E-state index is 13.5. The Kier molecular flexibility index (Phi) is 8.59. The van der Waals surface area contributed by atoms with Gasteiger partial charge < -0.3 is 28.5 Å². The van der Waals surface area contributed by atoms with E-state index in [0.29, 0.717) is 12.1 Å². The Balaban J connectivity index is 2.08. The monoisotopic (exact) mass is 519 g/mol. The van der Waals surface area contributed by atoms with Crippen molar-refractivity contribution in [3.63, 3.8) is 0 Å². The maximum absolute atomic E-state index is 13.5. The number of halogens is 6. The minimum atomic E-state index is -5.12. The lowest BCUT2D eigenvalue weighted by molar-refractivity contribution is -0.757. The molecule has 194 valence electrons. The average Bonchev–Trinajstić information content (AvgIpc) is 2.70. The predicted molar refractivity (Wildman–Crippen MR) is 97.3 cm³/mol. The summed E-state index contributed by atoms with van der Waals surface area (Å²) < 4.78 is 99.8. The molecule has 0 radical (unpaired) electrons. The molecule has 0 aromatic heterocycles. The first-order valence-corrected chi connectivity index (χ1v) is 9.26. The van der Waals surface area contributed by atoms with Gasteiger partial charge in [-0.05, 0) is 30.7 Å². The highest BCUT2D eigenvalue weighted by Crippen LogP contribution is 2.41. The number of carbonyl (C=O) groups is 2. The molecular weight excluding hydrogens is 504 g/mol. The summed E-state index contributed by atoms with van der Waals surface area (Å²) in [6, 6.07) is 1.52. The normalized spacial score (nSPS) is 15.2. The summed E-state index contributed by atoms with van der Waals surface area (Å²) in [6.45, 7) is -0.781. The Labute approximate surface area is 191 Å². The second kappa shape index (κ2) is 11.0. The first-order chi connectivity index (χ1) is 16.2. The van der Waals surface area contributed by atoms with Gasteiger partial charge in [-0.1, -0.05) is 0 Å². The van der Waals surface area contributed by atoms with Crippen LogP contribution in [-0.2, 0) is 23.8 Å². The standard InChI is InChI=1S/C18H15F6NO10/c1-9-5-11(35-18(22,23)24)6-10-7-12(14(17(19,20)21)34-13(9)10)15(26)31-8-32-16(27)30-3-2-4-33-25(28)29/h5-7,14H,2-4,8H2,1H3. The summed E-state index contributed by atoms with van der Waals surface area (Å²) in [6.07, 6.45) is -13.9. The van der Waals surface area contributed by atoms with E-state index < -0.39 is 59.7 Å². The lowest BCUT2D eigenvalue weighted by Crippen LogP contribution is -2.41. The van der Waals surface area contributed by atoms with Gasteiger partial charge in [-0.15, -0.1) is 23.3 Å². The van der Waals surface area contributed by atoms with Crippen LogP contribution in [0.1, 0.15) is 17.5 Å². The van der Waals surface area contributed by atoms with Crippen LogP contribution in [0.25, 0.3) is 6.08 Å². The molecule has 1 aromatic rings. The summed E-state index contributed by atoms with van der Waals surface area (Å²) in [5.74, 6) is -2.84. The Morgan fingerprint density at radius 2 is 1.77 bits per heavy atom. The molecule has 0 bridgehead atoms. The number of alkyl halides is 6. The van der Waals surface area contributed by atoms with Gasteiger partial charge in [0, 0.05) is 12.0 Å². The van der Waals surface area contributed by atoms with E-state index in [1.54, 1.807) is 0 Å². The highest BCUT2D eigenvalue weighted by atomic mass is 19.4. The van der Waals surface area contributed by atoms with Crippen LogP contribution in [0.2, 0.25) is 0 Å². The zero-order valence-corrected chi connectivity index (χ0v) is 17.4. The van der Waals surface area contributed by atoms with E-state index in [1.165, 1.54) is 6.92 Å². The fraction of sp³-hybridized carbons (Fsp3) is 0.444. The van der Waals surface area contributed by atoms with E-state index in [4.69, 9.17) is 4.74 Å². The summed E-state index contributed by atoms with van der Waals surface area (Å²) >= 11 is 0. The van der Waals surface area contributed by atoms with Gasteiger partial charge in [-0.2, -0.15) is 13.2 Å². The molecule has 11 nitrogen and oxygen atoms in total. The fourth-order valence-electron chi connectivity index (χ4n) is 2.67. The third kappa shape index (κ3) is 8.42. The Morgan fingerprint density at radius 3 is 2.37 bits per heavy atom. The van der Waals surface area contributed by atoms with Crippen molar-refractivity contribution in [2.45, 2.75) is 32.0 Å². The molecule has 17 heteroatoms. The second-order valence-corrected chi connectivity index (χ2v) is 6.55. The van der Waals surface area contributed by atoms with Crippen molar-refractivity contribution >= 4 is 18.2 Å². The first kappa shape index (κ1) is 27.3. The summed E-state index contributed by atoms with van der Waals surface area (Å²) in [5, 5.41) is 8.87. The van der Waals surface area contributed by atoms with Crippen LogP contribution < -0.4 is 9.47 Å². The van der Waals surface area contributed by atoms with Crippen LogP contribution in [0.15, 0.2) is 17.7 Å². The van der Waals surface area contributed by atoms with Gasteiger partial charge in [-0.25, -0.2) is 9.59 Å². The van der Waals surface area contributed by atoms with Crippen LogP contribution in [-0.4, -0.2) is 55.9 Å². The quantitative estimate of drug-likeness (QED) is 0.118. The fourth-order valence-corrected chi connectivity index (χ4v) is 2.67. The van der Waals surface area contributed by atoms with Crippen molar-refractivity contribution in [1.82, 2.24) is 0 Å². The first-order valence-electron chi connectivity index (χ1n) is 9.26. The van der Waals surface area contributed by atoms with Crippen LogP contribution in [0.5, 0.6) is 11.5 Å². The van der Waals surface area contributed by atoms with E-state index in [1.807, 2.05) is 0 Å². The van der Waals surface area contributed by atoms with Crippen LogP contribution in [0.4, 0.5) is 31.1 Å². The molecule has 0 N–H and O–H groups in total. The van der Waals surface area contributed by atoms with Gasteiger partial charge in [0.25, 0.3) is 5.09 Å². The lowest BCUT2D eigenvalue weighted by Gasteiger charge is -2.29. The van der Waals surface area contributed by atoms with Crippen LogP contribution in [0.3, 0.4) is 0 Å². The van der Waals surface area contributed by atoms with Crippen LogP contribution in [0, 0.1) is 17.0 Å². The minimum Gasteiger partial charge on any atom is -0.475 e. The number of nitrogens with zero attached hydrogens (tertiary/aromatic N) is 1. The van der Waals surface area contributed by atoms with E-state index in [-0.39, 0.29) is 30.8 Å². The molecule has 0 aliphatic carbocycles. The van der Waals surface area contributed by atoms with Gasteiger partial charge in [0.2, 0.25) is 12.9 Å². The SMILES string of the molecule is Cc1cc(OC(F)(F)F)cc2c1OC(C(F)(F)F)C(C(=O)OCOC(=O)OCCCO[N+](=O)[O-])=C2. The van der Waals surface area contributed by atoms with E-state index in [0.717, 1.165) is 6.07 Å². The number of hydrogen-bond acceptors (Lipinski definition) is 10. The molecule has 0 fully saturated rings. The predicted octanol–water partition coefficient (Wildman–Crippen LogP) is 3.85. The number of hydrogen-bond donors (Lipinski definition) is 0. The number of benzene rings is 1. The topological polar surface area (TPSA) is 133 Å². The largest absolute Gasteiger partial charge is 0.573 e. The molecule has 0 amide bonds. The highest BCUT2D eigenvalue weighted by molar-refractivity contribution is 5.96. The number of fused-ring (bicyclic) bond motifs is 1. The van der Waals surface area contributed by atoms with Crippen molar-refractivity contribution in [2.24, 2.45) is 0 Å². The van der Waals surface area contributed by atoms with Gasteiger partial charge in [0.15, 0.2) is 0 Å². The molecule has 1 aliphatic rings. The van der Waals surface area contributed by atoms with E-state index >= 15 is 0 Å². The molecule has 1 unspecified atom stereocenters. The number of carbonyl (C=O) groups excluding carboxylic acids is 2. The van der Waals surface area contributed by atoms with Gasteiger partial charge in [-0.3, -0.25) is 0 Å². The zero-order chi connectivity index (χ0) is 26.4. The Hall–Kier alpha value is -3.92. The molecule has 0 spiro atoms. The summed E-state index contributed by atoms with van der Waals surface area (Å²) in [4.78, 5) is 37.4. The average molecular weight is 519 g/mol. The molecule has 1 atom stereocenters. The molecular formula is C18H15F6NO10. The lowest BCUT2D eigenvalue weighted by atomic mass is 9.99. The Morgan fingerprint density at radius 1 is 1.09 bits per heavy atom. The Bertz CT molecular complexity index is 991. The third-order valence-electron chi connectivity index (χ3n) is 3.94. The number of ether oxygens (including phenoxy) is 5. The summed E-state index contributed by atoms with van der Waals surface area (Å²) in [5.41, 5.74) is -1.59. The van der Waals surface area contributed by atoms with Gasteiger partial charge in [0.1, 0.15) is 11.5 Å². The molecule has 0 saturated heterocycles. The van der Waals surface area contributed by atoms with E-state index in [2.05, 4.69) is 23.8 Å². The molecule has 1 heterocycles. The van der Waals surface area contributed by atoms with Crippen molar-refractivity contribution in [2.75, 3.05) is 20.0 Å². The van der Waals surface area contributed by atoms with Gasteiger partial charge in [0.05, 0.1) is 18.8 Å². The van der Waals surface area contributed by atoms with E-state index in [9.17, 15) is 46.0 Å². The van der Waals surface area contributed by atoms with Crippen molar-refractivity contribution in [3.05, 3.63) is 38.9 Å². The molecule has 1 aliphatic heterocycles. The second-order valence-electron chi connectivity index (χ2n) is 6.55. The molecule has 1 aromatic carbocycles. The van der Waals surface area contributed by atoms with Crippen molar-refractivity contribution < 1.29 is 69.5 Å². The highest BCUT2D eigenvalue weighted by Gasteiger charge is 2.49. The zero-order valence-electron chi connectivity index (χ0n) is 17.4. The maximum Gasteiger partial charge on any atom is 0.573 e. The number of aryl methyl sites for hydroxylation is 1. The van der Waals surface area contributed by atoms with Crippen molar-refractivity contribution in [1.29, 1.82) is 0 Å². The molecule has 2 rings (SSSR count). The van der Waals surface area contributed by atoms with Gasteiger partial charge >= 0.3 is 24.7 Å². The number of esters is 1. The summed E-state index contributed by atoms with van der Waals surface area (Å²) in [7, 11) is 0. The number of rotatable bonds is 9.